The fourth-order valence-electron chi connectivity index (χ4n) is 2.58. The highest BCUT2D eigenvalue weighted by Crippen LogP contribution is 2.15. The van der Waals surface area contributed by atoms with Crippen molar-refractivity contribution in [2.75, 3.05) is 19.6 Å². The van der Waals surface area contributed by atoms with Crippen molar-refractivity contribution in [3.05, 3.63) is 35.9 Å². The van der Waals surface area contributed by atoms with Crippen molar-refractivity contribution in [1.82, 2.24) is 15.1 Å². The van der Waals surface area contributed by atoms with Gasteiger partial charge in [0.2, 0.25) is 5.91 Å². The van der Waals surface area contributed by atoms with Gasteiger partial charge in [-0.05, 0) is 17.4 Å². The smallest absolute Gasteiger partial charge is 0.334 e. The molecule has 1 N–H and O–H groups in total. The van der Waals surface area contributed by atoms with Gasteiger partial charge in [-0.2, -0.15) is 0 Å². The molecule has 5 amide bonds. The van der Waals surface area contributed by atoms with E-state index in [4.69, 9.17) is 0 Å². The second-order valence-corrected chi connectivity index (χ2v) is 6.60. The molecule has 7 heteroatoms. The fraction of sp³-hybridized carbons (Fsp3) is 0.444. The average Bonchev–Trinajstić information content (AvgIpc) is 2.78. The number of benzene rings is 1. The maximum Gasteiger partial charge on any atom is 0.334 e. The SMILES string of the molecule is CC(C)CN1C(=O)C(=O)N(CC(=O)NC[C@H](C)c2ccccc2)C1=O. The molecule has 0 bridgehead atoms. The van der Waals surface area contributed by atoms with Crippen LogP contribution in [0.5, 0.6) is 0 Å². The summed E-state index contributed by atoms with van der Waals surface area (Å²) in [7, 11) is 0. The molecule has 1 aromatic carbocycles. The number of rotatable bonds is 7. The number of nitrogens with one attached hydrogen (secondary N) is 1. The van der Waals surface area contributed by atoms with Gasteiger partial charge in [0, 0.05) is 13.1 Å². The first-order chi connectivity index (χ1) is 11.8. The van der Waals surface area contributed by atoms with Crippen molar-refractivity contribution >= 4 is 23.8 Å². The molecule has 1 aliphatic heterocycles. The molecule has 1 saturated heterocycles. The minimum absolute atomic E-state index is 0.0428. The lowest BCUT2D eigenvalue weighted by Gasteiger charge is -2.17. The van der Waals surface area contributed by atoms with Crippen molar-refractivity contribution in [1.29, 1.82) is 0 Å². The number of carbonyl (C=O) groups is 4. The van der Waals surface area contributed by atoms with Crippen molar-refractivity contribution < 1.29 is 19.2 Å². The Hall–Kier alpha value is -2.70. The molecule has 1 heterocycles. The molecule has 134 valence electrons. The molecule has 0 unspecified atom stereocenters. The van der Waals surface area contributed by atoms with Crippen LogP contribution in [0.3, 0.4) is 0 Å². The normalized spacial score (nSPS) is 15.9. The lowest BCUT2D eigenvalue weighted by atomic mass is 10.0. The lowest BCUT2D eigenvalue weighted by molar-refractivity contribution is -0.144. The van der Waals surface area contributed by atoms with Crippen molar-refractivity contribution in [3.8, 4) is 0 Å². The summed E-state index contributed by atoms with van der Waals surface area (Å²) in [4.78, 5) is 49.7. The van der Waals surface area contributed by atoms with Crippen LogP contribution >= 0.6 is 0 Å². The number of amides is 5. The van der Waals surface area contributed by atoms with E-state index in [0.717, 1.165) is 10.5 Å². The van der Waals surface area contributed by atoms with Gasteiger partial charge in [-0.15, -0.1) is 0 Å². The molecular weight excluding hydrogens is 322 g/mol. The topological polar surface area (TPSA) is 86.8 Å². The van der Waals surface area contributed by atoms with Gasteiger partial charge in [0.25, 0.3) is 0 Å². The molecule has 7 nitrogen and oxygen atoms in total. The number of urea groups is 1. The zero-order chi connectivity index (χ0) is 18.6. The largest absolute Gasteiger partial charge is 0.354 e. The molecular formula is C18H23N3O4. The van der Waals surface area contributed by atoms with E-state index < -0.39 is 30.3 Å². The standard InChI is InChI=1S/C18H23N3O4/c1-12(2)10-20-16(23)17(24)21(18(20)25)11-15(22)19-9-13(3)14-7-5-4-6-8-14/h4-8,12-13H,9-11H2,1-3H3,(H,19,22)/t13-/m0/s1. The Morgan fingerprint density at radius 3 is 2.20 bits per heavy atom. The summed E-state index contributed by atoms with van der Waals surface area (Å²) in [5, 5.41) is 2.70. The van der Waals surface area contributed by atoms with Gasteiger partial charge in [0.05, 0.1) is 0 Å². The van der Waals surface area contributed by atoms with Gasteiger partial charge in [-0.1, -0.05) is 51.1 Å². The minimum atomic E-state index is -0.947. The maximum absolute atomic E-state index is 12.2. The minimum Gasteiger partial charge on any atom is -0.354 e. The predicted octanol–water partition coefficient (Wildman–Crippen LogP) is 1.35. The van der Waals surface area contributed by atoms with Crippen LogP contribution in [-0.4, -0.2) is 53.2 Å². The summed E-state index contributed by atoms with van der Waals surface area (Å²) in [6.07, 6.45) is 0. The average molecular weight is 345 g/mol. The number of imide groups is 2. The number of hydrogen-bond acceptors (Lipinski definition) is 4. The Bertz CT molecular complexity index is 672. The van der Waals surface area contributed by atoms with E-state index >= 15 is 0 Å². The fourth-order valence-corrected chi connectivity index (χ4v) is 2.58. The molecule has 0 spiro atoms. The summed E-state index contributed by atoms with van der Waals surface area (Å²) in [6, 6.07) is 8.96. The third kappa shape index (κ3) is 4.43. The van der Waals surface area contributed by atoms with E-state index in [1.165, 1.54) is 0 Å². The molecule has 0 aliphatic carbocycles. The molecule has 1 fully saturated rings. The maximum atomic E-state index is 12.2. The van der Waals surface area contributed by atoms with Crippen LogP contribution in [0.1, 0.15) is 32.3 Å². The zero-order valence-corrected chi connectivity index (χ0v) is 14.7. The number of nitrogens with zero attached hydrogens (tertiary/aromatic N) is 2. The molecule has 0 aromatic heterocycles. The van der Waals surface area contributed by atoms with Crippen LogP contribution in [-0.2, 0) is 14.4 Å². The second-order valence-electron chi connectivity index (χ2n) is 6.60. The third-order valence-electron chi connectivity index (χ3n) is 3.96. The molecule has 1 aromatic rings. The van der Waals surface area contributed by atoms with Crippen molar-refractivity contribution in [2.24, 2.45) is 5.92 Å². The summed E-state index contributed by atoms with van der Waals surface area (Å²) in [5.41, 5.74) is 1.08. The Kier molecular flexibility index (Phi) is 5.90. The first-order valence-electron chi connectivity index (χ1n) is 8.30. The lowest BCUT2D eigenvalue weighted by Crippen LogP contribution is -2.42. The monoisotopic (exact) mass is 345 g/mol. The van der Waals surface area contributed by atoms with Gasteiger partial charge in [-0.3, -0.25) is 19.3 Å². The first-order valence-corrected chi connectivity index (χ1v) is 8.30. The quantitative estimate of drug-likeness (QED) is 0.597. The second kappa shape index (κ2) is 7.92. The van der Waals surface area contributed by atoms with Crippen molar-refractivity contribution in [3.63, 3.8) is 0 Å². The van der Waals surface area contributed by atoms with Crippen LogP contribution in [0.15, 0.2) is 30.3 Å². The molecule has 0 saturated carbocycles. The molecule has 1 aliphatic rings. The van der Waals surface area contributed by atoms with Gasteiger partial charge < -0.3 is 5.32 Å². The third-order valence-corrected chi connectivity index (χ3v) is 3.96. The Morgan fingerprint density at radius 2 is 1.60 bits per heavy atom. The van der Waals surface area contributed by atoms with Gasteiger partial charge in [-0.25, -0.2) is 9.69 Å². The molecule has 1 atom stereocenters. The van der Waals surface area contributed by atoms with E-state index in [-0.39, 0.29) is 18.4 Å². The van der Waals surface area contributed by atoms with Gasteiger partial charge >= 0.3 is 17.8 Å². The van der Waals surface area contributed by atoms with E-state index in [1.807, 2.05) is 51.1 Å². The summed E-state index contributed by atoms with van der Waals surface area (Å²) >= 11 is 0. The van der Waals surface area contributed by atoms with E-state index in [2.05, 4.69) is 5.32 Å². The highest BCUT2D eigenvalue weighted by atomic mass is 16.2. The summed E-state index contributed by atoms with van der Waals surface area (Å²) in [5.74, 6) is -2.15. The Labute approximate surface area is 147 Å². The predicted molar refractivity (Wildman–Crippen MR) is 91.5 cm³/mol. The molecule has 0 radical (unpaired) electrons. The van der Waals surface area contributed by atoms with Crippen LogP contribution in [0.4, 0.5) is 4.79 Å². The van der Waals surface area contributed by atoms with E-state index in [0.29, 0.717) is 11.4 Å². The molecule has 2 rings (SSSR count). The number of carbonyl (C=O) groups excluding carboxylic acids is 4. The van der Waals surface area contributed by atoms with Crippen LogP contribution in [0, 0.1) is 5.92 Å². The van der Waals surface area contributed by atoms with Crippen LogP contribution < -0.4 is 5.32 Å². The highest BCUT2D eigenvalue weighted by Gasteiger charge is 2.45. The summed E-state index contributed by atoms with van der Waals surface area (Å²) in [6.45, 7) is 5.74. The van der Waals surface area contributed by atoms with E-state index in [1.54, 1.807) is 0 Å². The molecule has 25 heavy (non-hydrogen) atoms. The summed E-state index contributed by atoms with van der Waals surface area (Å²) < 4.78 is 0. The highest BCUT2D eigenvalue weighted by molar-refractivity contribution is 6.45. The zero-order valence-electron chi connectivity index (χ0n) is 14.7. The Balaban J connectivity index is 1.90. The van der Waals surface area contributed by atoms with E-state index in [9.17, 15) is 19.2 Å². The van der Waals surface area contributed by atoms with Gasteiger partial charge in [0.1, 0.15) is 6.54 Å². The number of hydrogen-bond donors (Lipinski definition) is 1. The van der Waals surface area contributed by atoms with Crippen LogP contribution in [0.25, 0.3) is 0 Å². The van der Waals surface area contributed by atoms with Crippen LogP contribution in [0.2, 0.25) is 0 Å². The van der Waals surface area contributed by atoms with Crippen molar-refractivity contribution in [2.45, 2.75) is 26.7 Å². The van der Waals surface area contributed by atoms with Gasteiger partial charge in [0.15, 0.2) is 0 Å². The first kappa shape index (κ1) is 18.6. The Morgan fingerprint density at radius 1 is 1.00 bits per heavy atom.